The number of para-hydroxylation sites is 1. The van der Waals surface area contributed by atoms with Crippen LogP contribution in [-0.2, 0) is 19.8 Å². The Morgan fingerprint density at radius 3 is 2.79 bits per heavy atom. The first-order chi connectivity index (χ1) is 14.0. The van der Waals surface area contributed by atoms with Crippen LogP contribution >= 0.6 is 23.8 Å². The number of hydrogen-bond donors (Lipinski definition) is 0. The molecule has 6 nitrogen and oxygen atoms in total. The first-order valence-corrected chi connectivity index (χ1v) is 9.93. The van der Waals surface area contributed by atoms with Gasteiger partial charge in [-0.2, -0.15) is 0 Å². The standard InChI is InChI=1S/C21H20ClN5OS/c1-3-11-25-19(28)17-9-4-5-10-18(17)27-20(25)23-26(21(27)29)14-24(2)13-15-7-6-8-16(22)12-15/h3-10,12H,1,11,13-14H2,2H3. The van der Waals surface area contributed by atoms with Crippen molar-refractivity contribution in [1.29, 1.82) is 0 Å². The van der Waals surface area contributed by atoms with Crippen molar-refractivity contribution in [2.24, 2.45) is 0 Å². The van der Waals surface area contributed by atoms with Crippen LogP contribution in [0.15, 0.2) is 66.0 Å². The monoisotopic (exact) mass is 425 g/mol. The Morgan fingerprint density at radius 2 is 2.03 bits per heavy atom. The smallest absolute Gasteiger partial charge is 0.263 e. The van der Waals surface area contributed by atoms with Crippen LogP contribution in [0.1, 0.15) is 5.56 Å². The lowest BCUT2D eigenvalue weighted by molar-refractivity contribution is 0.244. The van der Waals surface area contributed by atoms with Gasteiger partial charge in [0, 0.05) is 18.1 Å². The lowest BCUT2D eigenvalue weighted by Crippen LogP contribution is -2.23. The summed E-state index contributed by atoms with van der Waals surface area (Å²) in [6.07, 6.45) is 1.68. The highest BCUT2D eigenvalue weighted by molar-refractivity contribution is 7.71. The van der Waals surface area contributed by atoms with Crippen molar-refractivity contribution >= 4 is 40.5 Å². The van der Waals surface area contributed by atoms with Crippen molar-refractivity contribution in [2.45, 2.75) is 19.8 Å². The van der Waals surface area contributed by atoms with Gasteiger partial charge in [-0.25, -0.2) is 4.68 Å². The second-order valence-electron chi connectivity index (χ2n) is 6.92. The first kappa shape index (κ1) is 19.6. The van der Waals surface area contributed by atoms with E-state index < -0.39 is 0 Å². The van der Waals surface area contributed by atoms with Gasteiger partial charge in [0.05, 0.1) is 17.6 Å². The van der Waals surface area contributed by atoms with Gasteiger partial charge in [-0.05, 0) is 49.1 Å². The minimum absolute atomic E-state index is 0.104. The number of fused-ring (bicyclic) bond motifs is 3. The zero-order chi connectivity index (χ0) is 20.5. The van der Waals surface area contributed by atoms with E-state index in [0.717, 1.165) is 11.1 Å². The lowest BCUT2D eigenvalue weighted by atomic mass is 10.2. The van der Waals surface area contributed by atoms with Crippen molar-refractivity contribution in [2.75, 3.05) is 7.05 Å². The molecule has 4 rings (SSSR count). The first-order valence-electron chi connectivity index (χ1n) is 9.14. The molecule has 4 aromatic rings. The molecular formula is C21H20ClN5OS. The highest BCUT2D eigenvalue weighted by Crippen LogP contribution is 2.16. The van der Waals surface area contributed by atoms with E-state index in [0.29, 0.717) is 40.7 Å². The average Bonchev–Trinajstić information content (AvgIpc) is 3.01. The Morgan fingerprint density at radius 1 is 1.24 bits per heavy atom. The average molecular weight is 426 g/mol. The van der Waals surface area contributed by atoms with Crippen molar-refractivity contribution in [3.8, 4) is 0 Å². The summed E-state index contributed by atoms with van der Waals surface area (Å²) in [4.78, 5) is 15.0. The molecule has 0 saturated carbocycles. The second kappa shape index (κ2) is 7.94. The van der Waals surface area contributed by atoms with Gasteiger partial charge in [0.25, 0.3) is 5.56 Å². The number of nitrogens with zero attached hydrogens (tertiary/aromatic N) is 5. The molecule has 148 valence electrons. The molecule has 8 heteroatoms. The SMILES string of the molecule is C=CCn1c(=O)c2ccccc2n2c(=S)n(CN(C)Cc3cccc(Cl)c3)nc12. The predicted molar refractivity (Wildman–Crippen MR) is 119 cm³/mol. The van der Waals surface area contributed by atoms with E-state index in [1.165, 1.54) is 0 Å². The van der Waals surface area contributed by atoms with E-state index in [9.17, 15) is 4.79 Å². The molecule has 0 atom stereocenters. The van der Waals surface area contributed by atoms with Crippen molar-refractivity contribution < 1.29 is 0 Å². The Kier molecular flexibility index (Phi) is 5.36. The summed E-state index contributed by atoms with van der Waals surface area (Å²) >= 11 is 11.8. The fourth-order valence-electron chi connectivity index (χ4n) is 3.48. The van der Waals surface area contributed by atoms with Gasteiger partial charge >= 0.3 is 0 Å². The van der Waals surface area contributed by atoms with Gasteiger partial charge in [0.15, 0.2) is 0 Å². The van der Waals surface area contributed by atoms with Crippen LogP contribution < -0.4 is 5.56 Å². The van der Waals surface area contributed by atoms with Crippen LogP contribution in [0, 0.1) is 4.77 Å². The minimum atomic E-state index is -0.104. The molecule has 2 aromatic carbocycles. The van der Waals surface area contributed by atoms with Crippen LogP contribution in [-0.4, -0.2) is 30.7 Å². The Hall–Kier alpha value is -2.74. The Labute approximate surface area is 177 Å². The molecule has 29 heavy (non-hydrogen) atoms. The highest BCUT2D eigenvalue weighted by atomic mass is 35.5. The van der Waals surface area contributed by atoms with Crippen molar-refractivity contribution in [3.05, 3.63) is 86.9 Å². The maximum absolute atomic E-state index is 12.9. The Balaban J connectivity index is 1.80. The second-order valence-corrected chi connectivity index (χ2v) is 7.73. The summed E-state index contributed by atoms with van der Waals surface area (Å²) in [5, 5.41) is 5.97. The normalized spacial score (nSPS) is 11.6. The summed E-state index contributed by atoms with van der Waals surface area (Å²) in [6.45, 7) is 5.29. The maximum Gasteiger partial charge on any atom is 0.263 e. The molecule has 0 unspecified atom stereocenters. The molecule has 0 N–H and O–H groups in total. The number of hydrogen-bond acceptors (Lipinski definition) is 4. The molecule has 2 heterocycles. The lowest BCUT2D eigenvalue weighted by Gasteiger charge is -2.16. The molecular weight excluding hydrogens is 406 g/mol. The number of benzene rings is 2. The summed E-state index contributed by atoms with van der Waals surface area (Å²) < 4.78 is 5.72. The van der Waals surface area contributed by atoms with E-state index in [4.69, 9.17) is 23.8 Å². The molecule has 0 fully saturated rings. The number of aromatic nitrogens is 4. The van der Waals surface area contributed by atoms with Gasteiger partial charge in [-0.15, -0.1) is 11.7 Å². The highest BCUT2D eigenvalue weighted by Gasteiger charge is 2.15. The summed E-state index contributed by atoms with van der Waals surface area (Å²) in [7, 11) is 1.99. The quantitative estimate of drug-likeness (QED) is 0.344. The topological polar surface area (TPSA) is 47.5 Å². The van der Waals surface area contributed by atoms with Gasteiger partial charge < -0.3 is 0 Å². The number of allylic oxidation sites excluding steroid dienone is 1. The van der Waals surface area contributed by atoms with Gasteiger partial charge in [-0.3, -0.25) is 18.7 Å². The van der Waals surface area contributed by atoms with E-state index in [1.54, 1.807) is 21.4 Å². The molecule has 0 saturated heterocycles. The van der Waals surface area contributed by atoms with Crippen molar-refractivity contribution in [1.82, 2.24) is 23.6 Å². The van der Waals surface area contributed by atoms with E-state index in [-0.39, 0.29) is 5.56 Å². The molecule has 0 radical (unpaired) electrons. The number of halogens is 1. The van der Waals surface area contributed by atoms with E-state index in [1.807, 2.05) is 53.9 Å². The zero-order valence-corrected chi connectivity index (χ0v) is 17.5. The van der Waals surface area contributed by atoms with Crippen LogP contribution in [0.2, 0.25) is 5.02 Å². The van der Waals surface area contributed by atoms with Gasteiger partial charge in [0.2, 0.25) is 10.5 Å². The van der Waals surface area contributed by atoms with Gasteiger partial charge in [-0.1, -0.05) is 41.9 Å². The third kappa shape index (κ3) is 3.64. The third-order valence-corrected chi connectivity index (χ3v) is 5.34. The molecule has 0 aliphatic heterocycles. The van der Waals surface area contributed by atoms with E-state index in [2.05, 4.69) is 16.6 Å². The molecule has 0 amide bonds. The molecule has 0 bridgehead atoms. The minimum Gasteiger partial charge on any atom is -0.283 e. The number of rotatable bonds is 6. The molecule has 2 aromatic heterocycles. The fourth-order valence-corrected chi connectivity index (χ4v) is 3.97. The summed E-state index contributed by atoms with van der Waals surface area (Å²) in [6, 6.07) is 15.2. The fraction of sp³-hybridized carbons (Fsp3) is 0.190. The zero-order valence-electron chi connectivity index (χ0n) is 16.0. The van der Waals surface area contributed by atoms with Gasteiger partial charge in [0.1, 0.15) is 0 Å². The molecule has 0 spiro atoms. The van der Waals surface area contributed by atoms with Crippen molar-refractivity contribution in [3.63, 3.8) is 0 Å². The van der Waals surface area contributed by atoms with Crippen LogP contribution in [0.4, 0.5) is 0 Å². The third-order valence-electron chi connectivity index (χ3n) is 4.71. The van der Waals surface area contributed by atoms with E-state index >= 15 is 0 Å². The molecule has 0 aliphatic carbocycles. The summed E-state index contributed by atoms with van der Waals surface area (Å²) in [5.74, 6) is 0.509. The van der Waals surface area contributed by atoms with Crippen LogP contribution in [0.5, 0.6) is 0 Å². The maximum atomic E-state index is 12.9. The van der Waals surface area contributed by atoms with Crippen LogP contribution in [0.25, 0.3) is 16.7 Å². The predicted octanol–water partition coefficient (Wildman–Crippen LogP) is 4.11. The Bertz CT molecular complexity index is 1340. The summed E-state index contributed by atoms with van der Waals surface area (Å²) in [5.41, 5.74) is 1.75. The van der Waals surface area contributed by atoms with Crippen LogP contribution in [0.3, 0.4) is 0 Å². The molecule has 0 aliphatic rings. The largest absolute Gasteiger partial charge is 0.283 e.